The summed E-state index contributed by atoms with van der Waals surface area (Å²) in [5.41, 5.74) is 9.43. The lowest BCUT2D eigenvalue weighted by atomic mass is 10.1. The fourth-order valence-electron chi connectivity index (χ4n) is 2.77. The van der Waals surface area contributed by atoms with E-state index in [9.17, 15) is 9.59 Å². The highest BCUT2D eigenvalue weighted by molar-refractivity contribution is 5.98. The molecule has 9 nitrogen and oxygen atoms in total. The molecule has 130 valence electrons. The van der Waals surface area contributed by atoms with Crippen LogP contribution in [0.2, 0.25) is 0 Å². The van der Waals surface area contributed by atoms with Gasteiger partial charge < -0.3 is 11.1 Å². The van der Waals surface area contributed by atoms with Gasteiger partial charge in [0.05, 0.1) is 6.20 Å². The van der Waals surface area contributed by atoms with Gasteiger partial charge in [-0.15, -0.1) is 0 Å². The van der Waals surface area contributed by atoms with Gasteiger partial charge in [-0.1, -0.05) is 0 Å². The average molecular weight is 341 g/mol. The Morgan fingerprint density at radius 2 is 2.08 bits per heavy atom. The summed E-state index contributed by atoms with van der Waals surface area (Å²) in [5, 5.41) is 13.7. The molecule has 0 aromatic carbocycles. The molecule has 4 N–H and O–H groups in total. The predicted octanol–water partition coefficient (Wildman–Crippen LogP) is 1.05. The SMILES string of the molecule is Cc1cc(NC(=O)CCc2c(C)nc3c(C(N)=O)cnn3c2C)n[nH]1. The van der Waals surface area contributed by atoms with Crippen molar-refractivity contribution in [3.8, 4) is 0 Å². The highest BCUT2D eigenvalue weighted by atomic mass is 16.2. The number of aryl methyl sites for hydroxylation is 3. The van der Waals surface area contributed by atoms with Crippen LogP contribution in [0.3, 0.4) is 0 Å². The van der Waals surface area contributed by atoms with E-state index in [1.165, 1.54) is 6.20 Å². The third-order valence-electron chi connectivity index (χ3n) is 4.05. The molecule has 0 spiro atoms. The van der Waals surface area contributed by atoms with E-state index in [-0.39, 0.29) is 17.9 Å². The smallest absolute Gasteiger partial charge is 0.254 e. The summed E-state index contributed by atoms with van der Waals surface area (Å²) in [4.78, 5) is 28.0. The minimum absolute atomic E-state index is 0.135. The fourth-order valence-corrected chi connectivity index (χ4v) is 2.77. The van der Waals surface area contributed by atoms with Crippen molar-refractivity contribution in [3.63, 3.8) is 0 Å². The first-order chi connectivity index (χ1) is 11.9. The number of H-pyrrole nitrogens is 1. The zero-order valence-electron chi connectivity index (χ0n) is 14.3. The molecule has 0 saturated heterocycles. The Kier molecular flexibility index (Phi) is 4.22. The number of hydrogen-bond donors (Lipinski definition) is 3. The summed E-state index contributed by atoms with van der Waals surface area (Å²) in [6, 6.07) is 1.76. The number of anilines is 1. The van der Waals surface area contributed by atoms with Gasteiger partial charge >= 0.3 is 0 Å². The van der Waals surface area contributed by atoms with Gasteiger partial charge in [0.15, 0.2) is 11.5 Å². The number of amides is 2. The lowest BCUT2D eigenvalue weighted by molar-refractivity contribution is -0.116. The molecule has 25 heavy (non-hydrogen) atoms. The normalized spacial score (nSPS) is 11.0. The van der Waals surface area contributed by atoms with Crippen LogP contribution in [-0.2, 0) is 11.2 Å². The van der Waals surface area contributed by atoms with Gasteiger partial charge in [0, 0.05) is 29.6 Å². The van der Waals surface area contributed by atoms with Crippen molar-refractivity contribution in [2.24, 2.45) is 5.73 Å². The lowest BCUT2D eigenvalue weighted by Crippen LogP contribution is -2.15. The number of primary amides is 1. The zero-order chi connectivity index (χ0) is 18.1. The van der Waals surface area contributed by atoms with Crippen LogP contribution in [0.25, 0.3) is 5.65 Å². The summed E-state index contributed by atoms with van der Waals surface area (Å²) >= 11 is 0. The van der Waals surface area contributed by atoms with Gasteiger partial charge in [-0.2, -0.15) is 10.2 Å². The van der Waals surface area contributed by atoms with E-state index in [0.717, 1.165) is 22.6 Å². The predicted molar refractivity (Wildman–Crippen MR) is 91.3 cm³/mol. The standard InChI is InChI=1S/C16H19N7O2/c1-8-6-13(22-21-8)20-14(24)5-4-11-9(2)19-16-12(15(17)25)7-18-23(16)10(11)3/h6-7H,4-5H2,1-3H3,(H2,17,25)(H2,20,21,22,24). The molecule has 3 heterocycles. The molecule has 0 unspecified atom stereocenters. The highest BCUT2D eigenvalue weighted by Gasteiger charge is 2.17. The largest absolute Gasteiger partial charge is 0.365 e. The van der Waals surface area contributed by atoms with Crippen molar-refractivity contribution in [1.29, 1.82) is 0 Å². The summed E-state index contributed by atoms with van der Waals surface area (Å²) in [5.74, 6) is -0.200. The molecule has 0 saturated carbocycles. The van der Waals surface area contributed by atoms with Crippen LogP contribution >= 0.6 is 0 Å². The monoisotopic (exact) mass is 341 g/mol. The number of aromatic nitrogens is 5. The Morgan fingerprint density at radius 1 is 1.32 bits per heavy atom. The Labute approximate surface area is 143 Å². The first-order valence-electron chi connectivity index (χ1n) is 7.82. The van der Waals surface area contributed by atoms with Gasteiger partial charge in [0.1, 0.15) is 5.56 Å². The second kappa shape index (κ2) is 6.34. The molecule has 0 atom stereocenters. The van der Waals surface area contributed by atoms with E-state index in [2.05, 4.69) is 25.6 Å². The molecule has 0 radical (unpaired) electrons. The van der Waals surface area contributed by atoms with Gasteiger partial charge in [0.25, 0.3) is 5.91 Å². The zero-order valence-corrected chi connectivity index (χ0v) is 14.3. The Morgan fingerprint density at radius 3 is 2.72 bits per heavy atom. The molecule has 3 aromatic rings. The maximum atomic E-state index is 12.1. The Bertz CT molecular complexity index is 970. The van der Waals surface area contributed by atoms with Crippen molar-refractivity contribution in [2.75, 3.05) is 5.32 Å². The van der Waals surface area contributed by atoms with Crippen LogP contribution in [0.4, 0.5) is 5.82 Å². The van der Waals surface area contributed by atoms with Crippen LogP contribution in [-0.4, -0.2) is 36.6 Å². The van der Waals surface area contributed by atoms with Gasteiger partial charge in [-0.05, 0) is 32.8 Å². The number of carbonyl (C=O) groups excluding carboxylic acids is 2. The summed E-state index contributed by atoms with van der Waals surface area (Å²) < 4.78 is 1.58. The van der Waals surface area contributed by atoms with E-state index >= 15 is 0 Å². The summed E-state index contributed by atoms with van der Waals surface area (Å²) in [7, 11) is 0. The molecule has 0 bridgehead atoms. The van der Waals surface area contributed by atoms with Crippen LogP contribution in [0.1, 0.15) is 39.4 Å². The topological polar surface area (TPSA) is 131 Å². The van der Waals surface area contributed by atoms with E-state index < -0.39 is 5.91 Å². The lowest BCUT2D eigenvalue weighted by Gasteiger charge is -2.11. The maximum absolute atomic E-state index is 12.1. The van der Waals surface area contributed by atoms with Gasteiger partial charge in [-0.3, -0.25) is 14.7 Å². The molecular weight excluding hydrogens is 322 g/mol. The van der Waals surface area contributed by atoms with Crippen molar-refractivity contribution >= 4 is 23.3 Å². The second-order valence-electron chi connectivity index (χ2n) is 5.90. The van der Waals surface area contributed by atoms with Gasteiger partial charge in [0.2, 0.25) is 5.91 Å². The van der Waals surface area contributed by atoms with E-state index in [1.807, 2.05) is 20.8 Å². The average Bonchev–Trinajstić information content (AvgIpc) is 3.13. The molecule has 2 amide bonds. The molecule has 3 aromatic heterocycles. The van der Waals surface area contributed by atoms with E-state index in [1.54, 1.807) is 10.6 Å². The number of nitrogens with two attached hydrogens (primary N) is 1. The summed E-state index contributed by atoms with van der Waals surface area (Å²) in [6.45, 7) is 5.58. The maximum Gasteiger partial charge on any atom is 0.254 e. The quantitative estimate of drug-likeness (QED) is 0.638. The first kappa shape index (κ1) is 16.6. The van der Waals surface area contributed by atoms with Crippen LogP contribution in [0, 0.1) is 20.8 Å². The van der Waals surface area contributed by atoms with E-state index in [0.29, 0.717) is 17.9 Å². The van der Waals surface area contributed by atoms with E-state index in [4.69, 9.17) is 5.73 Å². The minimum Gasteiger partial charge on any atom is -0.365 e. The highest BCUT2D eigenvalue weighted by Crippen LogP contribution is 2.18. The number of hydrogen-bond acceptors (Lipinski definition) is 5. The number of carbonyl (C=O) groups is 2. The third-order valence-corrected chi connectivity index (χ3v) is 4.05. The molecular formula is C16H19N7O2. The summed E-state index contributed by atoms with van der Waals surface area (Å²) in [6.07, 6.45) is 2.19. The van der Waals surface area contributed by atoms with Crippen LogP contribution in [0.5, 0.6) is 0 Å². The van der Waals surface area contributed by atoms with Crippen LogP contribution < -0.4 is 11.1 Å². The van der Waals surface area contributed by atoms with Gasteiger partial charge in [-0.25, -0.2) is 9.50 Å². The number of rotatable bonds is 5. The fraction of sp³-hybridized carbons (Fsp3) is 0.312. The van der Waals surface area contributed by atoms with Crippen molar-refractivity contribution < 1.29 is 9.59 Å². The second-order valence-corrected chi connectivity index (χ2v) is 5.90. The Hall–Kier alpha value is -3.23. The number of nitrogens with zero attached hydrogens (tertiary/aromatic N) is 4. The third kappa shape index (κ3) is 3.21. The molecule has 0 aliphatic rings. The number of fused-ring (bicyclic) bond motifs is 1. The molecule has 0 aliphatic heterocycles. The van der Waals surface area contributed by atoms with Crippen molar-refractivity contribution in [1.82, 2.24) is 24.8 Å². The molecule has 9 heteroatoms. The number of aromatic amines is 1. The van der Waals surface area contributed by atoms with Crippen molar-refractivity contribution in [3.05, 3.63) is 40.5 Å². The minimum atomic E-state index is -0.567. The Balaban J connectivity index is 1.79. The van der Waals surface area contributed by atoms with Crippen LogP contribution in [0.15, 0.2) is 12.3 Å². The first-order valence-corrected chi connectivity index (χ1v) is 7.82. The van der Waals surface area contributed by atoms with Crippen molar-refractivity contribution in [2.45, 2.75) is 33.6 Å². The molecule has 3 rings (SSSR count). The molecule has 0 fully saturated rings. The molecule has 0 aliphatic carbocycles. The number of nitrogens with one attached hydrogen (secondary N) is 2.